The van der Waals surface area contributed by atoms with Crippen molar-refractivity contribution in [2.24, 2.45) is 0 Å². The maximum atomic E-state index is 12.3. The molecule has 0 aromatic heterocycles. The van der Waals surface area contributed by atoms with Crippen molar-refractivity contribution >= 4 is 12.3 Å². The van der Waals surface area contributed by atoms with Crippen LogP contribution in [0.25, 0.3) is 0 Å². The van der Waals surface area contributed by atoms with Crippen LogP contribution < -0.4 is 5.32 Å². The van der Waals surface area contributed by atoms with Gasteiger partial charge in [0.1, 0.15) is 0 Å². The third-order valence-corrected chi connectivity index (χ3v) is 3.99. The first kappa shape index (κ1) is 26.8. The fourth-order valence-corrected chi connectivity index (χ4v) is 2.00. The summed E-state index contributed by atoms with van der Waals surface area (Å²) in [6, 6.07) is 4.27. The standard InChI is InChI=1S/C11H12F3NO3.C8H18N2O/c12-11(13,14)8-3-1-7(2-4-8)5-15-10(18)9(17)6-16;1-4-9(2)6-5-7-10(3)8-11/h1-4,9,16-17H,5-6H2,(H,15,18);8H,4-7H2,1-3H3. The van der Waals surface area contributed by atoms with Gasteiger partial charge < -0.3 is 25.3 Å². The minimum atomic E-state index is -4.39. The van der Waals surface area contributed by atoms with Gasteiger partial charge in [0.05, 0.1) is 12.2 Å². The number of carbonyl (C=O) groups excluding carboxylic acids is 2. The monoisotopic (exact) mass is 421 g/mol. The molecule has 0 aliphatic rings. The van der Waals surface area contributed by atoms with Gasteiger partial charge in [-0.1, -0.05) is 19.1 Å². The highest BCUT2D eigenvalue weighted by Gasteiger charge is 2.29. The van der Waals surface area contributed by atoms with Crippen LogP contribution in [0.5, 0.6) is 0 Å². The van der Waals surface area contributed by atoms with Crippen LogP contribution in [0.3, 0.4) is 0 Å². The average molecular weight is 421 g/mol. The summed E-state index contributed by atoms with van der Waals surface area (Å²) < 4.78 is 36.8. The first-order valence-electron chi connectivity index (χ1n) is 9.12. The Morgan fingerprint density at radius 1 is 1.21 bits per heavy atom. The molecule has 0 bridgehead atoms. The summed E-state index contributed by atoms with van der Waals surface area (Å²) >= 11 is 0. The molecule has 0 heterocycles. The van der Waals surface area contributed by atoms with Crippen LogP contribution >= 0.6 is 0 Å². The van der Waals surface area contributed by atoms with Crippen molar-refractivity contribution in [2.45, 2.75) is 32.2 Å². The normalized spacial score (nSPS) is 12.0. The number of rotatable bonds is 10. The second-order valence-electron chi connectivity index (χ2n) is 6.45. The summed E-state index contributed by atoms with van der Waals surface area (Å²) in [5, 5.41) is 19.7. The SMILES string of the molecule is CCN(C)CCCN(C)C=O.O=C(NCc1ccc(C(F)(F)F)cc1)C(O)CO. The molecule has 0 saturated carbocycles. The average Bonchev–Trinajstić information content (AvgIpc) is 2.71. The Hall–Kier alpha value is -2.17. The number of amides is 2. The Labute approximate surface area is 169 Å². The van der Waals surface area contributed by atoms with Gasteiger partial charge in [-0.15, -0.1) is 0 Å². The zero-order valence-electron chi connectivity index (χ0n) is 16.9. The minimum Gasteiger partial charge on any atom is -0.393 e. The van der Waals surface area contributed by atoms with Crippen molar-refractivity contribution in [3.63, 3.8) is 0 Å². The number of nitrogens with one attached hydrogen (secondary N) is 1. The van der Waals surface area contributed by atoms with Crippen LogP contribution in [0, 0.1) is 0 Å². The van der Waals surface area contributed by atoms with Crippen LogP contribution in [-0.4, -0.2) is 78.8 Å². The quantitative estimate of drug-likeness (QED) is 0.492. The Morgan fingerprint density at radius 2 is 1.79 bits per heavy atom. The number of nitrogens with zero attached hydrogens (tertiary/aromatic N) is 2. The van der Waals surface area contributed by atoms with E-state index >= 15 is 0 Å². The number of halogens is 3. The predicted octanol–water partition coefficient (Wildman–Crippen LogP) is 1.09. The lowest BCUT2D eigenvalue weighted by Crippen LogP contribution is -2.36. The molecule has 1 atom stereocenters. The van der Waals surface area contributed by atoms with E-state index in [-0.39, 0.29) is 6.54 Å². The maximum absolute atomic E-state index is 12.3. The fourth-order valence-electron chi connectivity index (χ4n) is 2.00. The molecule has 1 aromatic carbocycles. The molecule has 0 radical (unpaired) electrons. The van der Waals surface area contributed by atoms with Gasteiger partial charge in [0.15, 0.2) is 6.10 Å². The molecule has 1 aromatic rings. The molecule has 0 fully saturated rings. The molecular weight excluding hydrogens is 391 g/mol. The molecule has 1 unspecified atom stereocenters. The van der Waals surface area contributed by atoms with E-state index in [1.54, 1.807) is 11.9 Å². The highest BCUT2D eigenvalue weighted by molar-refractivity contribution is 5.80. The van der Waals surface area contributed by atoms with Gasteiger partial charge in [-0.25, -0.2) is 0 Å². The Bertz CT molecular complexity index is 597. The van der Waals surface area contributed by atoms with E-state index in [0.29, 0.717) is 5.56 Å². The number of hydrogen-bond donors (Lipinski definition) is 3. The number of aliphatic hydroxyl groups is 2. The van der Waals surface area contributed by atoms with Crippen LogP contribution in [0.15, 0.2) is 24.3 Å². The third kappa shape index (κ3) is 12.1. The molecule has 7 nitrogen and oxygen atoms in total. The van der Waals surface area contributed by atoms with Crippen molar-refractivity contribution in [3.05, 3.63) is 35.4 Å². The molecule has 1 rings (SSSR count). The van der Waals surface area contributed by atoms with E-state index in [9.17, 15) is 22.8 Å². The summed E-state index contributed by atoms with van der Waals surface area (Å²) in [6.45, 7) is 4.39. The molecular formula is C19H30F3N3O4. The van der Waals surface area contributed by atoms with Crippen molar-refractivity contribution in [1.82, 2.24) is 15.1 Å². The zero-order valence-corrected chi connectivity index (χ0v) is 16.9. The van der Waals surface area contributed by atoms with Gasteiger partial charge in [0.2, 0.25) is 6.41 Å². The van der Waals surface area contributed by atoms with Gasteiger partial charge in [0.25, 0.3) is 5.91 Å². The topological polar surface area (TPSA) is 93.1 Å². The summed E-state index contributed by atoms with van der Waals surface area (Å²) in [6.07, 6.45) is -4.00. The predicted molar refractivity (Wildman–Crippen MR) is 103 cm³/mol. The lowest BCUT2D eigenvalue weighted by molar-refractivity contribution is -0.137. The molecule has 0 aliphatic heterocycles. The number of hydrogen-bond acceptors (Lipinski definition) is 5. The largest absolute Gasteiger partial charge is 0.416 e. The van der Waals surface area contributed by atoms with Crippen molar-refractivity contribution < 1.29 is 33.0 Å². The zero-order chi connectivity index (χ0) is 22.4. The lowest BCUT2D eigenvalue weighted by atomic mass is 10.1. The second-order valence-corrected chi connectivity index (χ2v) is 6.45. The van der Waals surface area contributed by atoms with Crippen LogP contribution in [0.4, 0.5) is 13.2 Å². The molecule has 0 spiro atoms. The molecule has 0 aliphatic carbocycles. The van der Waals surface area contributed by atoms with E-state index in [1.165, 1.54) is 12.1 Å². The molecule has 3 N–H and O–H groups in total. The third-order valence-electron chi connectivity index (χ3n) is 3.99. The molecule has 2 amide bonds. The van der Waals surface area contributed by atoms with Crippen molar-refractivity contribution in [1.29, 1.82) is 0 Å². The molecule has 29 heavy (non-hydrogen) atoms. The minimum absolute atomic E-state index is 0.0198. The summed E-state index contributed by atoms with van der Waals surface area (Å²) in [4.78, 5) is 25.1. The Balaban J connectivity index is 0.000000614. The number of carbonyl (C=O) groups is 2. The fraction of sp³-hybridized carbons (Fsp3) is 0.579. The van der Waals surface area contributed by atoms with Gasteiger partial charge >= 0.3 is 6.18 Å². The van der Waals surface area contributed by atoms with Crippen LogP contribution in [0.2, 0.25) is 0 Å². The first-order valence-corrected chi connectivity index (χ1v) is 9.12. The van der Waals surface area contributed by atoms with Crippen LogP contribution in [-0.2, 0) is 22.3 Å². The highest BCUT2D eigenvalue weighted by atomic mass is 19.4. The van der Waals surface area contributed by atoms with E-state index in [0.717, 1.165) is 44.6 Å². The molecule has 166 valence electrons. The van der Waals surface area contributed by atoms with Gasteiger partial charge in [-0.2, -0.15) is 13.2 Å². The number of benzene rings is 1. The second kappa shape index (κ2) is 13.9. The van der Waals surface area contributed by atoms with Crippen molar-refractivity contribution in [3.8, 4) is 0 Å². The summed E-state index contributed by atoms with van der Waals surface area (Å²) in [5.74, 6) is -0.780. The lowest BCUT2D eigenvalue weighted by Gasteiger charge is -2.15. The van der Waals surface area contributed by atoms with E-state index < -0.39 is 30.4 Å². The summed E-state index contributed by atoms with van der Waals surface area (Å²) in [7, 11) is 3.89. The van der Waals surface area contributed by atoms with Gasteiger partial charge in [0, 0.05) is 20.1 Å². The van der Waals surface area contributed by atoms with Crippen LogP contribution in [0.1, 0.15) is 24.5 Å². The Kier molecular flexibility index (Phi) is 12.9. The molecule has 10 heteroatoms. The van der Waals surface area contributed by atoms with Gasteiger partial charge in [-0.3, -0.25) is 9.59 Å². The van der Waals surface area contributed by atoms with E-state index in [4.69, 9.17) is 10.2 Å². The molecule has 0 saturated heterocycles. The first-order chi connectivity index (χ1) is 13.5. The number of aliphatic hydroxyl groups excluding tert-OH is 2. The Morgan fingerprint density at radius 3 is 2.24 bits per heavy atom. The highest BCUT2D eigenvalue weighted by Crippen LogP contribution is 2.28. The maximum Gasteiger partial charge on any atom is 0.416 e. The van der Waals surface area contributed by atoms with E-state index in [1.807, 2.05) is 0 Å². The van der Waals surface area contributed by atoms with E-state index in [2.05, 4.69) is 24.2 Å². The smallest absolute Gasteiger partial charge is 0.393 e. The van der Waals surface area contributed by atoms with Crippen molar-refractivity contribution in [2.75, 3.05) is 40.3 Å². The number of alkyl halides is 3. The van der Waals surface area contributed by atoms with Gasteiger partial charge in [-0.05, 0) is 44.3 Å². The summed E-state index contributed by atoms with van der Waals surface area (Å²) in [5.41, 5.74) is -0.311.